The molecule has 2 N–H and O–H groups in total. The third kappa shape index (κ3) is 1.92. The lowest BCUT2D eigenvalue weighted by Crippen LogP contribution is -2.25. The van der Waals surface area contributed by atoms with Crippen LogP contribution >= 0.6 is 0 Å². The van der Waals surface area contributed by atoms with Crippen molar-refractivity contribution in [1.29, 1.82) is 0 Å². The second-order valence-electron chi connectivity index (χ2n) is 4.84. The summed E-state index contributed by atoms with van der Waals surface area (Å²) in [5.41, 5.74) is 8.52. The van der Waals surface area contributed by atoms with Crippen LogP contribution in [0.15, 0.2) is 6.07 Å². The van der Waals surface area contributed by atoms with Gasteiger partial charge >= 0.3 is 0 Å². The maximum Gasteiger partial charge on any atom is 0.130 e. The third-order valence-electron chi connectivity index (χ3n) is 3.46. The molecule has 0 spiro atoms. The first-order valence-electron chi connectivity index (χ1n) is 5.58. The summed E-state index contributed by atoms with van der Waals surface area (Å²) >= 11 is 0. The summed E-state index contributed by atoms with van der Waals surface area (Å²) < 4.78 is 18.9. The fourth-order valence-electron chi connectivity index (χ4n) is 2.11. The fourth-order valence-corrected chi connectivity index (χ4v) is 2.11. The molecule has 1 saturated carbocycles. The predicted molar refractivity (Wildman–Crippen MR) is 62.3 cm³/mol. The van der Waals surface area contributed by atoms with Crippen LogP contribution in [0.25, 0.3) is 0 Å². The summed E-state index contributed by atoms with van der Waals surface area (Å²) in [5, 5.41) is 0. The van der Waals surface area contributed by atoms with Gasteiger partial charge in [0, 0.05) is 11.1 Å². The van der Waals surface area contributed by atoms with Gasteiger partial charge in [0.15, 0.2) is 0 Å². The van der Waals surface area contributed by atoms with E-state index < -0.39 is 0 Å². The Hall–Kier alpha value is -1.09. The van der Waals surface area contributed by atoms with Gasteiger partial charge in [-0.2, -0.15) is 0 Å². The minimum Gasteiger partial charge on any atom is -0.496 e. The van der Waals surface area contributed by atoms with Crippen molar-refractivity contribution in [3.05, 3.63) is 28.6 Å². The minimum absolute atomic E-state index is 0.0997. The number of hydrogen-bond acceptors (Lipinski definition) is 2. The maximum absolute atomic E-state index is 13.7. The van der Waals surface area contributed by atoms with Crippen LogP contribution in [0.1, 0.15) is 29.5 Å². The number of halogens is 1. The SMILES string of the molecule is COc1c(C)c(F)cc(CC2(N)CC2)c1C. The Balaban J connectivity index is 2.41. The Bertz CT molecular complexity index is 424. The zero-order chi connectivity index (χ0) is 11.9. The molecule has 2 rings (SSSR count). The zero-order valence-electron chi connectivity index (χ0n) is 10.1. The van der Waals surface area contributed by atoms with Crippen molar-refractivity contribution >= 4 is 0 Å². The van der Waals surface area contributed by atoms with Gasteiger partial charge < -0.3 is 10.5 Å². The molecule has 1 fully saturated rings. The average molecular weight is 223 g/mol. The smallest absolute Gasteiger partial charge is 0.130 e. The van der Waals surface area contributed by atoms with Crippen molar-refractivity contribution in [2.75, 3.05) is 7.11 Å². The number of benzene rings is 1. The lowest BCUT2D eigenvalue weighted by Gasteiger charge is -2.16. The van der Waals surface area contributed by atoms with Crippen LogP contribution in [0.5, 0.6) is 5.75 Å². The summed E-state index contributed by atoms with van der Waals surface area (Å²) in [5.74, 6) is 0.445. The van der Waals surface area contributed by atoms with Crippen LogP contribution in [0.3, 0.4) is 0 Å². The van der Waals surface area contributed by atoms with E-state index in [0.717, 1.165) is 30.4 Å². The molecule has 1 aromatic rings. The van der Waals surface area contributed by atoms with Crippen LogP contribution in [-0.4, -0.2) is 12.6 Å². The summed E-state index contributed by atoms with van der Waals surface area (Å²) in [6.07, 6.45) is 2.81. The first-order chi connectivity index (χ1) is 7.47. The van der Waals surface area contributed by atoms with Crippen molar-refractivity contribution in [3.8, 4) is 5.75 Å². The predicted octanol–water partition coefficient (Wildman–Crippen LogP) is 2.48. The molecule has 0 radical (unpaired) electrons. The molecule has 0 saturated heterocycles. The van der Waals surface area contributed by atoms with Crippen LogP contribution in [0.4, 0.5) is 4.39 Å². The molecule has 0 amide bonds. The lowest BCUT2D eigenvalue weighted by molar-refractivity contribution is 0.402. The molecule has 88 valence electrons. The van der Waals surface area contributed by atoms with E-state index in [1.165, 1.54) is 0 Å². The highest BCUT2D eigenvalue weighted by Crippen LogP contribution is 2.38. The number of nitrogens with two attached hydrogens (primary N) is 1. The monoisotopic (exact) mass is 223 g/mol. The third-order valence-corrected chi connectivity index (χ3v) is 3.46. The molecule has 2 nitrogen and oxygen atoms in total. The molecule has 1 aliphatic rings. The van der Waals surface area contributed by atoms with Gasteiger partial charge in [0.25, 0.3) is 0 Å². The molecule has 16 heavy (non-hydrogen) atoms. The topological polar surface area (TPSA) is 35.2 Å². The van der Waals surface area contributed by atoms with Crippen LogP contribution in [-0.2, 0) is 6.42 Å². The minimum atomic E-state index is -0.207. The van der Waals surface area contributed by atoms with E-state index in [4.69, 9.17) is 10.5 Å². The van der Waals surface area contributed by atoms with Crippen LogP contribution in [0.2, 0.25) is 0 Å². The summed E-state index contributed by atoms with van der Waals surface area (Å²) in [7, 11) is 1.58. The summed E-state index contributed by atoms with van der Waals surface area (Å²) in [6, 6.07) is 1.60. The first-order valence-corrected chi connectivity index (χ1v) is 5.58. The first kappa shape index (κ1) is 11.4. The van der Waals surface area contributed by atoms with Crippen molar-refractivity contribution in [2.24, 2.45) is 5.73 Å². The number of rotatable bonds is 3. The van der Waals surface area contributed by atoms with Gasteiger partial charge in [-0.25, -0.2) is 4.39 Å². The van der Waals surface area contributed by atoms with Crippen LogP contribution < -0.4 is 10.5 Å². The fraction of sp³-hybridized carbons (Fsp3) is 0.538. The van der Waals surface area contributed by atoms with E-state index in [1.54, 1.807) is 20.1 Å². The largest absolute Gasteiger partial charge is 0.496 e. The van der Waals surface area contributed by atoms with Crippen molar-refractivity contribution in [3.63, 3.8) is 0 Å². The van der Waals surface area contributed by atoms with Gasteiger partial charge in [-0.3, -0.25) is 0 Å². The van der Waals surface area contributed by atoms with E-state index in [2.05, 4.69) is 0 Å². The van der Waals surface area contributed by atoms with E-state index in [-0.39, 0.29) is 11.4 Å². The van der Waals surface area contributed by atoms with E-state index in [1.807, 2.05) is 6.92 Å². The Morgan fingerprint density at radius 3 is 2.50 bits per heavy atom. The van der Waals surface area contributed by atoms with Crippen molar-refractivity contribution in [1.82, 2.24) is 0 Å². The molecule has 0 aliphatic heterocycles. The molecular formula is C13H18FNO. The number of hydrogen-bond donors (Lipinski definition) is 1. The number of methoxy groups -OCH3 is 1. The zero-order valence-corrected chi connectivity index (χ0v) is 10.1. The van der Waals surface area contributed by atoms with Gasteiger partial charge in [-0.15, -0.1) is 0 Å². The lowest BCUT2D eigenvalue weighted by atomic mass is 9.97. The Morgan fingerprint density at radius 2 is 2.00 bits per heavy atom. The average Bonchev–Trinajstić information content (AvgIpc) is 2.94. The molecule has 1 aromatic carbocycles. The van der Waals surface area contributed by atoms with Crippen molar-refractivity contribution in [2.45, 2.75) is 38.6 Å². The normalized spacial score (nSPS) is 17.3. The Kier molecular flexibility index (Phi) is 2.66. The quantitative estimate of drug-likeness (QED) is 0.854. The molecule has 0 aromatic heterocycles. The summed E-state index contributed by atoms with van der Waals surface area (Å²) in [6.45, 7) is 3.70. The molecular weight excluding hydrogens is 205 g/mol. The van der Waals surface area contributed by atoms with Gasteiger partial charge in [0.2, 0.25) is 0 Å². The van der Waals surface area contributed by atoms with E-state index in [0.29, 0.717) is 11.3 Å². The molecule has 0 bridgehead atoms. The molecule has 0 atom stereocenters. The van der Waals surface area contributed by atoms with E-state index >= 15 is 0 Å². The summed E-state index contributed by atoms with van der Waals surface area (Å²) in [4.78, 5) is 0. The van der Waals surface area contributed by atoms with Gasteiger partial charge in [-0.05, 0) is 50.3 Å². The number of ether oxygens (including phenoxy) is 1. The highest BCUT2D eigenvalue weighted by molar-refractivity contribution is 5.46. The molecule has 1 aliphatic carbocycles. The molecule has 0 heterocycles. The Morgan fingerprint density at radius 1 is 1.38 bits per heavy atom. The highest BCUT2D eigenvalue weighted by Gasteiger charge is 2.38. The van der Waals surface area contributed by atoms with Crippen LogP contribution in [0, 0.1) is 19.7 Å². The molecule has 3 heteroatoms. The standard InChI is InChI=1S/C13H18FNO/c1-8-10(7-13(15)4-5-13)6-11(14)9(2)12(8)16-3/h6H,4-5,7,15H2,1-3H3. The second kappa shape index (κ2) is 3.74. The maximum atomic E-state index is 13.7. The second-order valence-corrected chi connectivity index (χ2v) is 4.84. The molecule has 0 unspecified atom stereocenters. The Labute approximate surface area is 95.6 Å². The van der Waals surface area contributed by atoms with Gasteiger partial charge in [-0.1, -0.05) is 0 Å². The van der Waals surface area contributed by atoms with E-state index in [9.17, 15) is 4.39 Å². The van der Waals surface area contributed by atoms with Gasteiger partial charge in [0.05, 0.1) is 7.11 Å². The van der Waals surface area contributed by atoms with Crippen molar-refractivity contribution < 1.29 is 9.13 Å². The van der Waals surface area contributed by atoms with Gasteiger partial charge in [0.1, 0.15) is 11.6 Å². The highest BCUT2D eigenvalue weighted by atomic mass is 19.1.